The Balaban J connectivity index is 1.30. The maximum absolute atomic E-state index is 4.74. The van der Waals surface area contributed by atoms with Gasteiger partial charge in [-0.25, -0.2) is 0 Å². The lowest BCUT2D eigenvalue weighted by molar-refractivity contribution is 0.311. The molecular weight excluding hydrogens is 440 g/mol. The van der Waals surface area contributed by atoms with E-state index in [-0.39, 0.29) is 0 Å². The minimum atomic E-state index is 0.435. The van der Waals surface area contributed by atoms with Crippen molar-refractivity contribution in [2.24, 2.45) is 0 Å². The zero-order valence-corrected chi connectivity index (χ0v) is 19.4. The number of anilines is 5. The Morgan fingerprint density at radius 1 is 0.829 bits per heavy atom. The van der Waals surface area contributed by atoms with Gasteiger partial charge in [-0.05, 0) is 36.9 Å². The Morgan fingerprint density at radius 3 is 2.46 bits per heavy atom. The topological polar surface area (TPSA) is 114 Å². The van der Waals surface area contributed by atoms with Gasteiger partial charge >= 0.3 is 0 Å². The summed E-state index contributed by atoms with van der Waals surface area (Å²) in [7, 11) is 2.13. The van der Waals surface area contributed by atoms with E-state index in [0.717, 1.165) is 54.0 Å². The fourth-order valence-corrected chi connectivity index (χ4v) is 4.15. The molecule has 35 heavy (non-hydrogen) atoms. The number of H-pyrrole nitrogens is 2. The molecule has 1 saturated heterocycles. The maximum Gasteiger partial charge on any atom is 0.235 e. The Morgan fingerprint density at radius 2 is 1.63 bits per heavy atom. The van der Waals surface area contributed by atoms with Gasteiger partial charge in [0, 0.05) is 55.0 Å². The summed E-state index contributed by atoms with van der Waals surface area (Å²) in [5.41, 5.74) is 3.97. The van der Waals surface area contributed by atoms with Crippen molar-refractivity contribution in [1.29, 1.82) is 0 Å². The predicted molar refractivity (Wildman–Crippen MR) is 138 cm³/mol. The van der Waals surface area contributed by atoms with Crippen LogP contribution in [0.25, 0.3) is 22.2 Å². The summed E-state index contributed by atoms with van der Waals surface area (Å²) >= 11 is 0. The SMILES string of the molecule is CN1CCN(c2nc(Nc3ccc4[nH]ccc4c3)nc(Nc3cc(-c4ccccc4)[nH]n3)n2)CC1. The Kier molecular flexibility index (Phi) is 5.47. The molecule has 0 saturated carbocycles. The Labute approximate surface area is 202 Å². The fourth-order valence-electron chi connectivity index (χ4n) is 4.15. The first-order valence-electron chi connectivity index (χ1n) is 11.6. The van der Waals surface area contributed by atoms with Crippen molar-refractivity contribution in [3.63, 3.8) is 0 Å². The van der Waals surface area contributed by atoms with Gasteiger partial charge in [0.15, 0.2) is 5.82 Å². The van der Waals surface area contributed by atoms with Crippen molar-refractivity contribution in [3.8, 4) is 11.3 Å². The van der Waals surface area contributed by atoms with Gasteiger partial charge in [-0.3, -0.25) is 5.10 Å². The second-order valence-corrected chi connectivity index (χ2v) is 8.64. The number of aromatic nitrogens is 6. The van der Waals surface area contributed by atoms with E-state index >= 15 is 0 Å². The molecular formula is C25H26N10. The average Bonchev–Trinajstić information content (AvgIpc) is 3.54. The van der Waals surface area contributed by atoms with Crippen molar-refractivity contribution in [3.05, 3.63) is 66.9 Å². The zero-order chi connectivity index (χ0) is 23.6. The van der Waals surface area contributed by atoms with E-state index in [2.05, 4.69) is 53.7 Å². The first-order chi connectivity index (χ1) is 17.2. The average molecular weight is 467 g/mol. The van der Waals surface area contributed by atoms with Gasteiger partial charge in [-0.2, -0.15) is 20.1 Å². The Hall–Kier alpha value is -4.44. The van der Waals surface area contributed by atoms with Crippen LogP contribution in [0.3, 0.4) is 0 Å². The molecule has 3 aromatic heterocycles. The normalized spacial score (nSPS) is 14.4. The van der Waals surface area contributed by atoms with E-state index in [0.29, 0.717) is 23.7 Å². The molecule has 0 amide bonds. The van der Waals surface area contributed by atoms with Crippen LogP contribution in [0.15, 0.2) is 66.9 Å². The molecule has 0 radical (unpaired) electrons. The van der Waals surface area contributed by atoms with Crippen LogP contribution in [-0.2, 0) is 0 Å². The second kappa shape index (κ2) is 9.07. The number of nitrogens with one attached hydrogen (secondary N) is 4. The van der Waals surface area contributed by atoms with Gasteiger partial charge in [-0.15, -0.1) is 0 Å². The summed E-state index contributed by atoms with van der Waals surface area (Å²) in [6.45, 7) is 3.63. The zero-order valence-electron chi connectivity index (χ0n) is 19.4. The lowest BCUT2D eigenvalue weighted by Crippen LogP contribution is -2.45. The lowest BCUT2D eigenvalue weighted by atomic mass is 10.2. The molecule has 4 heterocycles. The predicted octanol–water partition coefficient (Wildman–Crippen LogP) is 3.98. The number of piperazine rings is 1. The van der Waals surface area contributed by atoms with Gasteiger partial charge in [0.1, 0.15) is 0 Å². The van der Waals surface area contributed by atoms with Crippen molar-refractivity contribution < 1.29 is 0 Å². The monoisotopic (exact) mass is 466 g/mol. The third-order valence-electron chi connectivity index (χ3n) is 6.12. The van der Waals surface area contributed by atoms with Crippen LogP contribution in [0, 0.1) is 0 Å². The first kappa shape index (κ1) is 21.1. The molecule has 4 N–H and O–H groups in total. The van der Waals surface area contributed by atoms with Crippen LogP contribution in [-0.4, -0.2) is 68.3 Å². The molecule has 2 aromatic carbocycles. The van der Waals surface area contributed by atoms with Gasteiger partial charge in [0.25, 0.3) is 0 Å². The number of nitrogens with zero attached hydrogens (tertiary/aromatic N) is 6. The Bertz CT molecular complexity index is 1430. The summed E-state index contributed by atoms with van der Waals surface area (Å²) in [5, 5.41) is 15.2. The lowest BCUT2D eigenvalue weighted by Gasteiger charge is -2.32. The molecule has 0 aliphatic carbocycles. The highest BCUT2D eigenvalue weighted by Gasteiger charge is 2.19. The third kappa shape index (κ3) is 4.64. The standard InChI is InChI=1S/C25H26N10/c1-34-11-13-35(14-12-34)25-30-23(27-19-7-8-20-18(15-19)9-10-26-20)29-24(31-25)28-22-16-21(32-33-22)17-5-3-2-4-6-17/h2-10,15-16,26H,11-14H2,1H3,(H3,27,28,29,30,31,32,33). The summed E-state index contributed by atoms with van der Waals surface area (Å²) in [6.07, 6.45) is 1.93. The largest absolute Gasteiger partial charge is 0.361 e. The molecule has 176 valence electrons. The number of hydrogen-bond donors (Lipinski definition) is 4. The molecule has 5 aromatic rings. The molecule has 0 atom stereocenters. The maximum atomic E-state index is 4.74. The number of fused-ring (bicyclic) bond motifs is 1. The molecule has 0 bridgehead atoms. The number of benzene rings is 2. The minimum Gasteiger partial charge on any atom is -0.361 e. The molecule has 10 nitrogen and oxygen atoms in total. The van der Waals surface area contributed by atoms with E-state index in [9.17, 15) is 0 Å². The number of rotatable bonds is 6. The second-order valence-electron chi connectivity index (χ2n) is 8.64. The molecule has 1 aliphatic heterocycles. The van der Waals surface area contributed by atoms with Crippen LogP contribution < -0.4 is 15.5 Å². The highest BCUT2D eigenvalue weighted by Crippen LogP contribution is 2.25. The fraction of sp³-hybridized carbons (Fsp3) is 0.200. The number of likely N-dealkylation sites (N-methyl/N-ethyl adjacent to an activating group) is 1. The summed E-state index contributed by atoms with van der Waals surface area (Å²) in [5.74, 6) is 2.19. The van der Waals surface area contributed by atoms with Crippen LogP contribution in [0.1, 0.15) is 0 Å². The highest BCUT2D eigenvalue weighted by atomic mass is 15.4. The van der Waals surface area contributed by atoms with E-state index in [1.54, 1.807) is 0 Å². The van der Waals surface area contributed by atoms with Crippen molar-refractivity contribution >= 4 is 40.3 Å². The van der Waals surface area contributed by atoms with Gasteiger partial charge < -0.3 is 25.4 Å². The molecule has 6 rings (SSSR count). The van der Waals surface area contributed by atoms with Crippen LogP contribution in [0.2, 0.25) is 0 Å². The van der Waals surface area contributed by atoms with E-state index < -0.39 is 0 Å². The summed E-state index contributed by atoms with van der Waals surface area (Å²) in [6, 6.07) is 20.2. The van der Waals surface area contributed by atoms with Crippen molar-refractivity contribution in [2.45, 2.75) is 0 Å². The van der Waals surface area contributed by atoms with E-state index in [4.69, 9.17) is 9.97 Å². The first-order valence-corrected chi connectivity index (χ1v) is 11.6. The molecule has 0 spiro atoms. The van der Waals surface area contributed by atoms with Gasteiger partial charge in [-0.1, -0.05) is 30.3 Å². The van der Waals surface area contributed by atoms with Gasteiger partial charge in [0.2, 0.25) is 17.8 Å². The van der Waals surface area contributed by atoms with Gasteiger partial charge in [0.05, 0.1) is 5.69 Å². The van der Waals surface area contributed by atoms with Crippen LogP contribution in [0.4, 0.5) is 29.4 Å². The number of aromatic amines is 2. The minimum absolute atomic E-state index is 0.435. The van der Waals surface area contributed by atoms with E-state index in [1.807, 2.05) is 60.8 Å². The third-order valence-corrected chi connectivity index (χ3v) is 6.12. The molecule has 1 fully saturated rings. The molecule has 1 aliphatic rings. The summed E-state index contributed by atoms with van der Waals surface area (Å²) in [4.78, 5) is 21.8. The molecule has 0 unspecified atom stereocenters. The van der Waals surface area contributed by atoms with Crippen LogP contribution >= 0.6 is 0 Å². The van der Waals surface area contributed by atoms with Crippen molar-refractivity contribution in [1.82, 2.24) is 35.0 Å². The summed E-state index contributed by atoms with van der Waals surface area (Å²) < 4.78 is 0. The quantitative estimate of drug-likeness (QED) is 0.297. The van der Waals surface area contributed by atoms with Crippen LogP contribution in [0.5, 0.6) is 0 Å². The smallest absolute Gasteiger partial charge is 0.235 e. The van der Waals surface area contributed by atoms with Crippen molar-refractivity contribution in [2.75, 3.05) is 48.8 Å². The molecule has 10 heteroatoms. The van der Waals surface area contributed by atoms with E-state index in [1.165, 1.54) is 0 Å². The number of hydrogen-bond acceptors (Lipinski definition) is 8. The highest BCUT2D eigenvalue weighted by molar-refractivity contribution is 5.83.